The topological polar surface area (TPSA) is 46.9 Å². The first-order chi connectivity index (χ1) is 9.29. The summed E-state index contributed by atoms with van der Waals surface area (Å²) in [6.07, 6.45) is 5.51. The first-order valence-electron chi connectivity index (χ1n) is 6.72. The van der Waals surface area contributed by atoms with E-state index in [-0.39, 0.29) is 5.78 Å². The van der Waals surface area contributed by atoms with Gasteiger partial charge in [0.05, 0.1) is 11.8 Å². The van der Waals surface area contributed by atoms with E-state index in [1.165, 1.54) is 0 Å². The van der Waals surface area contributed by atoms with Crippen molar-refractivity contribution in [2.45, 2.75) is 26.3 Å². The molecule has 4 nitrogen and oxygen atoms in total. The smallest absolute Gasteiger partial charge is 0.196 e. The molecule has 0 amide bonds. The average Bonchev–Trinajstić information content (AvgIpc) is 2.95. The molecule has 0 saturated heterocycles. The van der Waals surface area contributed by atoms with Crippen LogP contribution in [0.15, 0.2) is 30.6 Å². The van der Waals surface area contributed by atoms with Crippen LogP contribution in [0.5, 0.6) is 0 Å². The van der Waals surface area contributed by atoms with E-state index in [1.807, 2.05) is 31.3 Å². The number of aromatic nitrogens is 2. The third-order valence-electron chi connectivity index (χ3n) is 3.56. The Hall–Kier alpha value is -2.10. The van der Waals surface area contributed by atoms with Gasteiger partial charge >= 0.3 is 0 Å². The van der Waals surface area contributed by atoms with Crippen molar-refractivity contribution in [2.75, 3.05) is 11.9 Å². The number of nitrogens with zero attached hydrogens (tertiary/aromatic N) is 2. The van der Waals surface area contributed by atoms with Crippen LogP contribution in [-0.4, -0.2) is 22.1 Å². The van der Waals surface area contributed by atoms with Gasteiger partial charge in [-0.1, -0.05) is 12.1 Å². The van der Waals surface area contributed by atoms with Crippen molar-refractivity contribution in [3.8, 4) is 0 Å². The minimum absolute atomic E-state index is 0.0697. The Bertz CT molecular complexity index is 616. The first kappa shape index (κ1) is 12.0. The molecular formula is C15H17N3O. The summed E-state index contributed by atoms with van der Waals surface area (Å²) in [5, 5.41) is 7.53. The Morgan fingerprint density at radius 2 is 2.37 bits per heavy atom. The molecule has 1 aromatic carbocycles. The van der Waals surface area contributed by atoms with Crippen LogP contribution in [0.4, 0.5) is 5.69 Å². The molecule has 1 aromatic heterocycles. The highest BCUT2D eigenvalue weighted by Crippen LogP contribution is 2.26. The molecule has 0 fully saturated rings. The molecule has 0 radical (unpaired) electrons. The Morgan fingerprint density at radius 1 is 1.47 bits per heavy atom. The second-order valence-electron chi connectivity index (χ2n) is 4.78. The molecule has 0 saturated carbocycles. The molecule has 4 heteroatoms. The number of fused-ring (bicyclic) bond motifs is 1. The van der Waals surface area contributed by atoms with Gasteiger partial charge in [-0.25, -0.2) is 0 Å². The molecule has 1 N–H and O–H groups in total. The number of hydrogen-bond acceptors (Lipinski definition) is 3. The van der Waals surface area contributed by atoms with Crippen molar-refractivity contribution in [2.24, 2.45) is 0 Å². The molecule has 1 aliphatic rings. The molecule has 1 aliphatic heterocycles. The first-order valence-corrected chi connectivity index (χ1v) is 6.72. The highest BCUT2D eigenvalue weighted by Gasteiger charge is 2.19. The van der Waals surface area contributed by atoms with Gasteiger partial charge in [-0.3, -0.25) is 9.48 Å². The maximum atomic E-state index is 12.6. The Kier molecular flexibility index (Phi) is 3.07. The zero-order valence-corrected chi connectivity index (χ0v) is 11.0. The van der Waals surface area contributed by atoms with Crippen LogP contribution in [0.2, 0.25) is 0 Å². The number of ketones is 1. The van der Waals surface area contributed by atoms with Crippen molar-refractivity contribution in [1.29, 1.82) is 0 Å². The van der Waals surface area contributed by atoms with Crippen LogP contribution < -0.4 is 5.32 Å². The summed E-state index contributed by atoms with van der Waals surface area (Å²) >= 11 is 0. The predicted molar refractivity (Wildman–Crippen MR) is 74.6 cm³/mol. The molecule has 3 rings (SSSR count). The normalized spacial score (nSPS) is 13.7. The summed E-state index contributed by atoms with van der Waals surface area (Å²) in [6.45, 7) is 3.77. The van der Waals surface area contributed by atoms with Crippen LogP contribution in [-0.2, 0) is 13.0 Å². The van der Waals surface area contributed by atoms with E-state index >= 15 is 0 Å². The molecule has 0 atom stereocenters. The summed E-state index contributed by atoms with van der Waals surface area (Å²) < 4.78 is 1.78. The van der Waals surface area contributed by atoms with E-state index in [0.29, 0.717) is 5.56 Å². The molecule has 0 bridgehead atoms. The highest BCUT2D eigenvalue weighted by molar-refractivity contribution is 6.10. The highest BCUT2D eigenvalue weighted by atomic mass is 16.1. The molecule has 0 aliphatic carbocycles. The quantitative estimate of drug-likeness (QED) is 0.857. The number of hydrogen-bond donors (Lipinski definition) is 1. The van der Waals surface area contributed by atoms with Gasteiger partial charge < -0.3 is 5.32 Å². The second kappa shape index (κ2) is 4.88. The van der Waals surface area contributed by atoms with Gasteiger partial charge in [0.1, 0.15) is 0 Å². The third-order valence-corrected chi connectivity index (χ3v) is 3.56. The van der Waals surface area contributed by atoms with Gasteiger partial charge in [0.15, 0.2) is 5.78 Å². The lowest BCUT2D eigenvalue weighted by Gasteiger charge is -2.20. The zero-order chi connectivity index (χ0) is 13.2. The van der Waals surface area contributed by atoms with Gasteiger partial charge in [0.2, 0.25) is 0 Å². The van der Waals surface area contributed by atoms with Gasteiger partial charge in [0, 0.05) is 30.5 Å². The number of carbonyl (C=O) groups excluding carboxylic acids is 1. The Labute approximate surface area is 112 Å². The van der Waals surface area contributed by atoms with Gasteiger partial charge in [-0.05, 0) is 31.4 Å². The number of nitrogens with one attached hydrogen (secondary N) is 1. The maximum absolute atomic E-state index is 12.6. The van der Waals surface area contributed by atoms with Crippen molar-refractivity contribution in [3.63, 3.8) is 0 Å². The van der Waals surface area contributed by atoms with E-state index < -0.39 is 0 Å². The molecule has 98 valence electrons. The molecule has 2 aromatic rings. The SMILES string of the molecule is CCn1cc(C(=O)c2cccc3c2CCCN3)cn1. The zero-order valence-electron chi connectivity index (χ0n) is 11.0. The molecular weight excluding hydrogens is 238 g/mol. The minimum Gasteiger partial charge on any atom is -0.385 e. The lowest BCUT2D eigenvalue weighted by Crippen LogP contribution is -2.15. The fourth-order valence-corrected chi connectivity index (χ4v) is 2.53. The van der Waals surface area contributed by atoms with Crippen LogP contribution in [0.1, 0.15) is 34.8 Å². The molecule has 0 spiro atoms. The maximum Gasteiger partial charge on any atom is 0.196 e. The van der Waals surface area contributed by atoms with Crippen molar-refractivity contribution < 1.29 is 4.79 Å². The standard InChI is InChI=1S/C15H17N3O/c1-2-18-10-11(9-17-18)15(19)13-5-3-7-14-12(13)6-4-8-16-14/h3,5,7,9-10,16H,2,4,6,8H2,1H3. The van der Waals surface area contributed by atoms with Crippen LogP contribution in [0.3, 0.4) is 0 Å². The number of carbonyl (C=O) groups is 1. The number of benzene rings is 1. The fourth-order valence-electron chi connectivity index (χ4n) is 2.53. The lowest BCUT2D eigenvalue weighted by atomic mass is 9.93. The second-order valence-corrected chi connectivity index (χ2v) is 4.78. The van der Waals surface area contributed by atoms with Crippen molar-refractivity contribution in [3.05, 3.63) is 47.3 Å². The predicted octanol–water partition coefficient (Wildman–Crippen LogP) is 2.49. The van der Waals surface area contributed by atoms with E-state index in [0.717, 1.165) is 42.7 Å². The summed E-state index contributed by atoms with van der Waals surface area (Å²) in [4.78, 5) is 12.6. The Morgan fingerprint density at radius 3 is 3.16 bits per heavy atom. The monoisotopic (exact) mass is 255 g/mol. The minimum atomic E-state index is 0.0697. The molecule has 0 unspecified atom stereocenters. The number of rotatable bonds is 3. The third kappa shape index (κ3) is 2.14. The summed E-state index contributed by atoms with van der Waals surface area (Å²) in [6, 6.07) is 5.90. The van der Waals surface area contributed by atoms with E-state index in [1.54, 1.807) is 10.9 Å². The Balaban J connectivity index is 1.99. The van der Waals surface area contributed by atoms with Gasteiger partial charge in [0.25, 0.3) is 0 Å². The lowest BCUT2D eigenvalue weighted by molar-refractivity contribution is 0.103. The van der Waals surface area contributed by atoms with Crippen LogP contribution in [0.25, 0.3) is 0 Å². The van der Waals surface area contributed by atoms with Crippen molar-refractivity contribution in [1.82, 2.24) is 9.78 Å². The van der Waals surface area contributed by atoms with E-state index in [4.69, 9.17) is 0 Å². The van der Waals surface area contributed by atoms with Crippen LogP contribution >= 0.6 is 0 Å². The van der Waals surface area contributed by atoms with Gasteiger partial charge in [-0.15, -0.1) is 0 Å². The molecule has 2 heterocycles. The largest absolute Gasteiger partial charge is 0.385 e. The summed E-state index contributed by atoms with van der Waals surface area (Å²) in [5.74, 6) is 0.0697. The average molecular weight is 255 g/mol. The fraction of sp³-hybridized carbons (Fsp3) is 0.333. The van der Waals surface area contributed by atoms with Crippen LogP contribution in [0, 0.1) is 0 Å². The summed E-state index contributed by atoms with van der Waals surface area (Å²) in [7, 11) is 0. The van der Waals surface area contributed by atoms with Crippen molar-refractivity contribution >= 4 is 11.5 Å². The van der Waals surface area contributed by atoms with E-state index in [9.17, 15) is 4.79 Å². The number of anilines is 1. The molecule has 19 heavy (non-hydrogen) atoms. The summed E-state index contributed by atoms with van der Waals surface area (Å²) in [5.41, 5.74) is 3.71. The number of aryl methyl sites for hydroxylation is 1. The van der Waals surface area contributed by atoms with Gasteiger partial charge in [-0.2, -0.15) is 5.10 Å². The van der Waals surface area contributed by atoms with E-state index in [2.05, 4.69) is 10.4 Å².